The largest absolute Gasteiger partial charge is 0.308 e. The van der Waals surface area contributed by atoms with E-state index in [1.807, 2.05) is 0 Å². The molecule has 1 aromatic carbocycles. The number of aromatic nitrogens is 3. The molecule has 0 aliphatic carbocycles. The van der Waals surface area contributed by atoms with Crippen molar-refractivity contribution in [2.75, 3.05) is 6.54 Å². The van der Waals surface area contributed by atoms with Gasteiger partial charge in [0.05, 0.1) is 12.1 Å². The maximum atomic E-state index is 4.69. The summed E-state index contributed by atoms with van der Waals surface area (Å²) >= 11 is 0. The number of hydrogen-bond acceptors (Lipinski definition) is 3. The second-order valence-electron chi connectivity index (χ2n) is 5.28. The van der Waals surface area contributed by atoms with Gasteiger partial charge in [-0.25, -0.2) is 9.67 Å². The molecule has 0 amide bonds. The Kier molecular flexibility index (Phi) is 5.51. The molecule has 0 aliphatic heterocycles. The van der Waals surface area contributed by atoms with Crippen molar-refractivity contribution in [3.63, 3.8) is 0 Å². The first-order valence-corrected chi connectivity index (χ1v) is 7.93. The van der Waals surface area contributed by atoms with Crippen molar-refractivity contribution in [2.45, 2.75) is 52.6 Å². The number of benzene rings is 1. The quantitative estimate of drug-likeness (QED) is 0.849. The summed E-state index contributed by atoms with van der Waals surface area (Å²) in [7, 11) is 0. The van der Waals surface area contributed by atoms with Crippen LogP contribution in [0.3, 0.4) is 0 Å². The zero-order chi connectivity index (χ0) is 15.2. The van der Waals surface area contributed by atoms with Gasteiger partial charge in [0, 0.05) is 12.8 Å². The number of nitrogens with one attached hydrogen (secondary N) is 1. The van der Waals surface area contributed by atoms with Crippen molar-refractivity contribution in [2.24, 2.45) is 0 Å². The third-order valence-corrected chi connectivity index (χ3v) is 3.83. The van der Waals surface area contributed by atoms with E-state index in [1.54, 1.807) is 0 Å². The number of aryl methyl sites for hydroxylation is 2. The standard InChI is InChI=1S/C17H26N4/c1-5-15-19-16(6-2)21(20-15)13(4)17(18-7-3)14-11-9-8-10-12-14/h8-13,17-18H,5-7H2,1-4H3. The Labute approximate surface area is 127 Å². The average Bonchev–Trinajstić information content (AvgIpc) is 2.96. The van der Waals surface area contributed by atoms with Crippen LogP contribution in [0.1, 0.15) is 57.0 Å². The third-order valence-electron chi connectivity index (χ3n) is 3.83. The molecular weight excluding hydrogens is 260 g/mol. The van der Waals surface area contributed by atoms with Crippen LogP contribution in [0, 0.1) is 0 Å². The number of likely N-dealkylation sites (N-methyl/N-ethyl adjacent to an activating group) is 1. The molecule has 0 aliphatic rings. The molecule has 4 nitrogen and oxygen atoms in total. The van der Waals surface area contributed by atoms with Gasteiger partial charge in [0.1, 0.15) is 5.82 Å². The molecule has 0 saturated carbocycles. The highest BCUT2D eigenvalue weighted by Crippen LogP contribution is 2.26. The van der Waals surface area contributed by atoms with Crippen molar-refractivity contribution < 1.29 is 0 Å². The molecule has 2 rings (SSSR count). The van der Waals surface area contributed by atoms with Crippen LogP contribution in [-0.4, -0.2) is 21.3 Å². The van der Waals surface area contributed by atoms with Crippen molar-refractivity contribution >= 4 is 0 Å². The summed E-state index contributed by atoms with van der Waals surface area (Å²) in [5, 5.41) is 8.28. The lowest BCUT2D eigenvalue weighted by Gasteiger charge is -2.26. The molecule has 2 aromatic rings. The molecule has 21 heavy (non-hydrogen) atoms. The van der Waals surface area contributed by atoms with E-state index in [4.69, 9.17) is 5.10 Å². The smallest absolute Gasteiger partial charge is 0.150 e. The van der Waals surface area contributed by atoms with E-state index in [0.717, 1.165) is 31.0 Å². The number of rotatable bonds is 7. The van der Waals surface area contributed by atoms with Gasteiger partial charge in [-0.1, -0.05) is 51.1 Å². The Morgan fingerprint density at radius 2 is 1.81 bits per heavy atom. The monoisotopic (exact) mass is 286 g/mol. The van der Waals surface area contributed by atoms with E-state index in [1.165, 1.54) is 5.56 Å². The van der Waals surface area contributed by atoms with E-state index in [-0.39, 0.29) is 12.1 Å². The summed E-state index contributed by atoms with van der Waals surface area (Å²) in [6.07, 6.45) is 1.79. The second kappa shape index (κ2) is 7.36. The topological polar surface area (TPSA) is 42.7 Å². The van der Waals surface area contributed by atoms with Gasteiger partial charge in [-0.15, -0.1) is 0 Å². The van der Waals surface area contributed by atoms with Gasteiger partial charge in [0.25, 0.3) is 0 Å². The predicted octanol–water partition coefficient (Wildman–Crippen LogP) is 3.31. The van der Waals surface area contributed by atoms with E-state index < -0.39 is 0 Å². The summed E-state index contributed by atoms with van der Waals surface area (Å²) in [5.74, 6) is 2.00. The molecule has 0 saturated heterocycles. The third kappa shape index (κ3) is 3.50. The predicted molar refractivity (Wildman–Crippen MR) is 86.3 cm³/mol. The van der Waals surface area contributed by atoms with Crippen LogP contribution in [0.2, 0.25) is 0 Å². The van der Waals surface area contributed by atoms with E-state index >= 15 is 0 Å². The molecule has 0 radical (unpaired) electrons. The van der Waals surface area contributed by atoms with Crippen LogP contribution in [0.15, 0.2) is 30.3 Å². The zero-order valence-corrected chi connectivity index (χ0v) is 13.5. The van der Waals surface area contributed by atoms with Crippen LogP contribution in [-0.2, 0) is 12.8 Å². The first kappa shape index (κ1) is 15.7. The normalized spacial score (nSPS) is 14.1. The molecule has 4 heteroatoms. The highest BCUT2D eigenvalue weighted by atomic mass is 15.4. The maximum Gasteiger partial charge on any atom is 0.150 e. The molecule has 2 atom stereocenters. The fourth-order valence-corrected chi connectivity index (χ4v) is 2.71. The lowest BCUT2D eigenvalue weighted by molar-refractivity contribution is 0.349. The van der Waals surface area contributed by atoms with Crippen molar-refractivity contribution in [3.8, 4) is 0 Å². The molecule has 0 fully saturated rings. The molecular formula is C17H26N4. The minimum Gasteiger partial charge on any atom is -0.308 e. The van der Waals surface area contributed by atoms with Crippen molar-refractivity contribution in [1.82, 2.24) is 20.1 Å². The Balaban J connectivity index is 2.34. The van der Waals surface area contributed by atoms with Crippen LogP contribution < -0.4 is 5.32 Å². The Hall–Kier alpha value is -1.68. The SMILES string of the molecule is CCNC(c1ccccc1)C(C)n1nc(CC)nc1CC. The van der Waals surface area contributed by atoms with Gasteiger partial charge in [0.15, 0.2) is 5.82 Å². The first-order chi connectivity index (χ1) is 10.2. The summed E-state index contributed by atoms with van der Waals surface area (Å²) in [5.41, 5.74) is 1.29. The molecule has 1 aromatic heterocycles. The van der Waals surface area contributed by atoms with Crippen molar-refractivity contribution in [1.29, 1.82) is 0 Å². The molecule has 2 unspecified atom stereocenters. The molecule has 1 heterocycles. The molecule has 0 bridgehead atoms. The van der Waals surface area contributed by atoms with Crippen LogP contribution >= 0.6 is 0 Å². The highest BCUT2D eigenvalue weighted by Gasteiger charge is 2.23. The summed E-state index contributed by atoms with van der Waals surface area (Å²) < 4.78 is 2.10. The highest BCUT2D eigenvalue weighted by molar-refractivity contribution is 5.20. The Bertz CT molecular complexity index is 547. The van der Waals surface area contributed by atoms with Crippen LogP contribution in [0.25, 0.3) is 0 Å². The maximum absolute atomic E-state index is 4.69. The lowest BCUT2D eigenvalue weighted by Crippen LogP contribution is -2.30. The summed E-state index contributed by atoms with van der Waals surface area (Å²) in [6, 6.07) is 11.1. The van der Waals surface area contributed by atoms with Gasteiger partial charge in [-0.05, 0) is 19.0 Å². The van der Waals surface area contributed by atoms with Gasteiger partial charge in [0.2, 0.25) is 0 Å². The zero-order valence-electron chi connectivity index (χ0n) is 13.5. The van der Waals surface area contributed by atoms with Gasteiger partial charge in [-0.2, -0.15) is 5.10 Å². The average molecular weight is 286 g/mol. The number of hydrogen-bond donors (Lipinski definition) is 1. The minimum atomic E-state index is 0.232. The van der Waals surface area contributed by atoms with Gasteiger partial charge < -0.3 is 5.32 Å². The fraction of sp³-hybridized carbons (Fsp3) is 0.529. The van der Waals surface area contributed by atoms with Gasteiger partial charge >= 0.3 is 0 Å². The Morgan fingerprint density at radius 3 is 2.38 bits per heavy atom. The molecule has 114 valence electrons. The first-order valence-electron chi connectivity index (χ1n) is 7.93. The summed E-state index contributed by atoms with van der Waals surface area (Å²) in [6.45, 7) is 9.52. The second-order valence-corrected chi connectivity index (χ2v) is 5.28. The fourth-order valence-electron chi connectivity index (χ4n) is 2.71. The lowest BCUT2D eigenvalue weighted by atomic mass is 10.0. The van der Waals surface area contributed by atoms with Crippen LogP contribution in [0.5, 0.6) is 0 Å². The number of nitrogens with zero attached hydrogens (tertiary/aromatic N) is 3. The van der Waals surface area contributed by atoms with E-state index in [2.05, 4.69) is 73.0 Å². The van der Waals surface area contributed by atoms with E-state index in [9.17, 15) is 0 Å². The van der Waals surface area contributed by atoms with Gasteiger partial charge in [-0.3, -0.25) is 0 Å². The Morgan fingerprint density at radius 1 is 1.10 bits per heavy atom. The molecule has 0 spiro atoms. The summed E-state index contributed by atoms with van der Waals surface area (Å²) in [4.78, 5) is 4.63. The van der Waals surface area contributed by atoms with E-state index in [0.29, 0.717) is 0 Å². The molecule has 1 N–H and O–H groups in total. The minimum absolute atomic E-state index is 0.232. The van der Waals surface area contributed by atoms with Crippen molar-refractivity contribution in [3.05, 3.63) is 47.5 Å². The van der Waals surface area contributed by atoms with Crippen LogP contribution in [0.4, 0.5) is 0 Å².